The van der Waals surface area contributed by atoms with Crippen molar-refractivity contribution in [2.75, 3.05) is 29.9 Å². The number of hydrogen-bond donors (Lipinski definition) is 1. The highest BCUT2D eigenvalue weighted by atomic mass is 19.4. The minimum absolute atomic E-state index is 0.0550. The summed E-state index contributed by atoms with van der Waals surface area (Å²) in [5.74, 6) is 1.66. The van der Waals surface area contributed by atoms with Crippen LogP contribution in [0.5, 0.6) is 0 Å². The first-order valence-electron chi connectivity index (χ1n) is 7.42. The zero-order chi connectivity index (χ0) is 15.0. The Labute approximate surface area is 121 Å². The van der Waals surface area contributed by atoms with E-state index in [4.69, 9.17) is 0 Å². The number of hydrogen-bond acceptors (Lipinski definition) is 4. The Kier molecular flexibility index (Phi) is 3.67. The van der Waals surface area contributed by atoms with Crippen molar-refractivity contribution < 1.29 is 13.2 Å². The molecule has 2 heterocycles. The first kappa shape index (κ1) is 14.4. The highest BCUT2D eigenvalue weighted by molar-refractivity contribution is 5.46. The Morgan fingerprint density at radius 1 is 1.24 bits per heavy atom. The summed E-state index contributed by atoms with van der Waals surface area (Å²) in [6.07, 6.45) is -0.849. The lowest BCUT2D eigenvalue weighted by Gasteiger charge is -2.20. The molecule has 1 aromatic rings. The van der Waals surface area contributed by atoms with Gasteiger partial charge in [-0.05, 0) is 31.6 Å². The molecule has 1 aliphatic heterocycles. The Bertz CT molecular complexity index is 505. The van der Waals surface area contributed by atoms with E-state index < -0.39 is 11.9 Å². The molecule has 0 bridgehead atoms. The summed E-state index contributed by atoms with van der Waals surface area (Å²) in [6.45, 7) is 3.92. The molecule has 2 aliphatic rings. The number of anilines is 2. The van der Waals surface area contributed by atoms with Crippen LogP contribution in [-0.2, 0) is 6.18 Å². The van der Waals surface area contributed by atoms with Gasteiger partial charge in [0, 0.05) is 25.7 Å². The van der Waals surface area contributed by atoms with Crippen molar-refractivity contribution in [3.8, 4) is 0 Å². The molecule has 2 atom stereocenters. The number of aromatic nitrogens is 2. The minimum Gasteiger partial charge on any atom is -0.356 e. The molecule has 0 amide bonds. The van der Waals surface area contributed by atoms with Crippen LogP contribution in [0.25, 0.3) is 0 Å². The van der Waals surface area contributed by atoms with Crippen LogP contribution in [0.15, 0.2) is 6.07 Å². The van der Waals surface area contributed by atoms with Gasteiger partial charge in [-0.1, -0.05) is 6.42 Å². The molecule has 0 aromatic carbocycles. The molecule has 1 N–H and O–H groups in total. The Morgan fingerprint density at radius 3 is 2.48 bits per heavy atom. The van der Waals surface area contributed by atoms with Crippen LogP contribution in [-0.4, -0.2) is 29.6 Å². The number of rotatable bonds is 3. The van der Waals surface area contributed by atoms with E-state index in [1.807, 2.05) is 11.8 Å². The number of nitrogens with zero attached hydrogens (tertiary/aromatic N) is 3. The zero-order valence-corrected chi connectivity index (χ0v) is 12.0. The van der Waals surface area contributed by atoms with Gasteiger partial charge in [0.05, 0.1) is 0 Å². The first-order valence-corrected chi connectivity index (χ1v) is 7.42. The number of fused-ring (bicyclic) bond motifs is 1. The fourth-order valence-electron chi connectivity index (χ4n) is 3.40. The van der Waals surface area contributed by atoms with Crippen molar-refractivity contribution >= 4 is 11.8 Å². The second-order valence-corrected chi connectivity index (χ2v) is 5.82. The fraction of sp³-hybridized carbons (Fsp3) is 0.714. The highest BCUT2D eigenvalue weighted by Crippen LogP contribution is 2.40. The molecule has 4 nitrogen and oxygen atoms in total. The van der Waals surface area contributed by atoms with Crippen LogP contribution in [0.3, 0.4) is 0 Å². The lowest BCUT2D eigenvalue weighted by Crippen LogP contribution is -2.24. The zero-order valence-electron chi connectivity index (χ0n) is 12.0. The molecule has 21 heavy (non-hydrogen) atoms. The van der Waals surface area contributed by atoms with Crippen LogP contribution in [0.2, 0.25) is 0 Å². The molecular formula is C14H19F3N4. The second kappa shape index (κ2) is 5.35. The second-order valence-electron chi connectivity index (χ2n) is 5.82. The minimum atomic E-state index is -4.45. The summed E-state index contributed by atoms with van der Waals surface area (Å²) in [5, 5.41) is 2.79. The standard InChI is InChI=1S/C14H19F3N4/c1-2-18-13-19-11(14(15,16)17)6-12(20-13)21-7-9-4-3-5-10(9)8-21/h6,9-10H,2-5,7-8H2,1H3,(H,18,19,20). The van der Waals surface area contributed by atoms with Crippen LogP contribution in [0.1, 0.15) is 31.9 Å². The molecule has 1 aromatic heterocycles. The summed E-state index contributed by atoms with van der Waals surface area (Å²) in [6, 6.07) is 1.07. The van der Waals surface area contributed by atoms with Crippen molar-refractivity contribution in [2.24, 2.45) is 11.8 Å². The average Bonchev–Trinajstić information content (AvgIpc) is 2.98. The maximum atomic E-state index is 13.0. The SMILES string of the molecule is CCNc1nc(N2CC3CCCC3C2)cc(C(F)(F)F)n1. The molecule has 0 spiro atoms. The molecular weight excluding hydrogens is 281 g/mol. The predicted molar refractivity (Wildman–Crippen MR) is 74.2 cm³/mol. The summed E-state index contributed by atoms with van der Waals surface area (Å²) in [5.41, 5.74) is -0.875. The molecule has 1 aliphatic carbocycles. The lowest BCUT2D eigenvalue weighted by molar-refractivity contribution is -0.141. The smallest absolute Gasteiger partial charge is 0.356 e. The third-order valence-electron chi connectivity index (χ3n) is 4.39. The summed E-state index contributed by atoms with van der Waals surface area (Å²) < 4.78 is 38.9. The van der Waals surface area contributed by atoms with Crippen LogP contribution in [0.4, 0.5) is 24.9 Å². The monoisotopic (exact) mass is 300 g/mol. The van der Waals surface area contributed by atoms with Gasteiger partial charge in [-0.3, -0.25) is 0 Å². The van der Waals surface area contributed by atoms with Gasteiger partial charge in [0.15, 0.2) is 5.69 Å². The van der Waals surface area contributed by atoms with E-state index in [9.17, 15) is 13.2 Å². The van der Waals surface area contributed by atoms with Crippen LogP contribution >= 0.6 is 0 Å². The van der Waals surface area contributed by atoms with Gasteiger partial charge in [-0.2, -0.15) is 18.2 Å². The van der Waals surface area contributed by atoms with Crippen molar-refractivity contribution in [1.29, 1.82) is 0 Å². The van der Waals surface area contributed by atoms with E-state index in [0.29, 0.717) is 24.2 Å². The van der Waals surface area contributed by atoms with Gasteiger partial charge in [-0.15, -0.1) is 0 Å². The normalized spacial score (nSPS) is 25.2. The van der Waals surface area contributed by atoms with E-state index in [1.165, 1.54) is 19.3 Å². The molecule has 3 rings (SSSR count). The van der Waals surface area contributed by atoms with Gasteiger partial charge in [-0.25, -0.2) is 4.98 Å². The molecule has 1 saturated heterocycles. The Hall–Kier alpha value is -1.53. The van der Waals surface area contributed by atoms with Crippen molar-refractivity contribution in [3.05, 3.63) is 11.8 Å². The summed E-state index contributed by atoms with van der Waals surface area (Å²) in [4.78, 5) is 9.79. The summed E-state index contributed by atoms with van der Waals surface area (Å²) in [7, 11) is 0. The average molecular weight is 300 g/mol. The lowest BCUT2D eigenvalue weighted by atomic mass is 10.0. The van der Waals surface area contributed by atoms with Crippen LogP contribution < -0.4 is 10.2 Å². The summed E-state index contributed by atoms with van der Waals surface area (Å²) >= 11 is 0. The van der Waals surface area contributed by atoms with Gasteiger partial charge in [0.2, 0.25) is 5.95 Å². The Balaban J connectivity index is 1.88. The van der Waals surface area contributed by atoms with E-state index in [0.717, 1.165) is 19.2 Å². The topological polar surface area (TPSA) is 41.1 Å². The molecule has 0 radical (unpaired) electrons. The first-order chi connectivity index (χ1) is 9.97. The largest absolute Gasteiger partial charge is 0.433 e. The molecule has 116 valence electrons. The van der Waals surface area contributed by atoms with E-state index in [1.54, 1.807) is 0 Å². The van der Waals surface area contributed by atoms with Gasteiger partial charge < -0.3 is 10.2 Å². The third kappa shape index (κ3) is 2.91. The van der Waals surface area contributed by atoms with E-state index in [-0.39, 0.29) is 5.95 Å². The number of alkyl halides is 3. The third-order valence-corrected chi connectivity index (χ3v) is 4.39. The molecule has 1 saturated carbocycles. The predicted octanol–water partition coefficient (Wildman–Crippen LogP) is 3.16. The molecule has 2 unspecified atom stereocenters. The van der Waals surface area contributed by atoms with Crippen molar-refractivity contribution in [3.63, 3.8) is 0 Å². The molecule has 7 heteroatoms. The van der Waals surface area contributed by atoms with Crippen molar-refractivity contribution in [2.45, 2.75) is 32.4 Å². The van der Waals surface area contributed by atoms with Crippen LogP contribution in [0, 0.1) is 11.8 Å². The molecule has 2 fully saturated rings. The number of halogens is 3. The quantitative estimate of drug-likeness (QED) is 0.931. The van der Waals surface area contributed by atoms with Crippen molar-refractivity contribution in [1.82, 2.24) is 9.97 Å². The maximum absolute atomic E-state index is 13.0. The number of nitrogens with one attached hydrogen (secondary N) is 1. The maximum Gasteiger partial charge on any atom is 0.433 e. The fourth-order valence-corrected chi connectivity index (χ4v) is 3.40. The van der Waals surface area contributed by atoms with Gasteiger partial charge in [0.1, 0.15) is 5.82 Å². The highest BCUT2D eigenvalue weighted by Gasteiger charge is 2.38. The van der Waals surface area contributed by atoms with Gasteiger partial charge >= 0.3 is 6.18 Å². The Morgan fingerprint density at radius 2 is 1.90 bits per heavy atom. The van der Waals surface area contributed by atoms with E-state index >= 15 is 0 Å². The van der Waals surface area contributed by atoms with E-state index in [2.05, 4.69) is 15.3 Å². The van der Waals surface area contributed by atoms with Gasteiger partial charge in [0.25, 0.3) is 0 Å².